The van der Waals surface area contributed by atoms with Crippen LogP contribution in [0.3, 0.4) is 0 Å². The smallest absolute Gasteiger partial charge is 0.338 e. The van der Waals surface area contributed by atoms with Gasteiger partial charge in [-0.3, -0.25) is 0 Å². The molecule has 0 N–H and O–H groups in total. The summed E-state index contributed by atoms with van der Waals surface area (Å²) in [6, 6.07) is 23.6. The minimum atomic E-state index is -1.29. The molecule has 10 nitrogen and oxygen atoms in total. The first-order valence-electron chi connectivity index (χ1n) is 11.6. The number of benzene rings is 3. The predicted octanol–water partition coefficient (Wildman–Crippen LogP) is 5.09. The fourth-order valence-corrected chi connectivity index (χ4v) is 4.50. The van der Waals surface area contributed by atoms with Gasteiger partial charge in [-0.15, -0.1) is 0 Å². The molecule has 0 radical (unpaired) electrons. The Morgan fingerprint density at radius 3 is 1.68 bits per heavy atom. The maximum atomic E-state index is 13.0. The lowest BCUT2D eigenvalue weighted by molar-refractivity contribution is -0.168. The molecule has 1 fully saturated rings. The molecule has 11 heteroatoms. The third kappa shape index (κ3) is 6.57. The zero-order valence-corrected chi connectivity index (χ0v) is 21.4. The van der Waals surface area contributed by atoms with Crippen LogP contribution in [0.1, 0.15) is 31.1 Å². The lowest BCUT2D eigenvalue weighted by Crippen LogP contribution is -2.59. The number of nitrogens with zero attached hydrogens (tertiary/aromatic N) is 3. The van der Waals surface area contributed by atoms with Crippen LogP contribution < -0.4 is 0 Å². The maximum absolute atomic E-state index is 13.0. The van der Waals surface area contributed by atoms with Gasteiger partial charge in [0.15, 0.2) is 12.2 Å². The zero-order valence-electron chi connectivity index (χ0n) is 19.8. The first kappa shape index (κ1) is 26.9. The van der Waals surface area contributed by atoms with Gasteiger partial charge >= 0.3 is 17.9 Å². The number of esters is 3. The summed E-state index contributed by atoms with van der Waals surface area (Å²) in [5.74, 6) is -2.08. The largest absolute Gasteiger partial charge is 0.459 e. The number of alkyl halides is 1. The van der Waals surface area contributed by atoms with Gasteiger partial charge in [-0.25, -0.2) is 14.4 Å². The molecule has 0 aromatic heterocycles. The van der Waals surface area contributed by atoms with Crippen molar-refractivity contribution in [2.75, 3.05) is 6.61 Å². The normalized spacial score (nSPS) is 22.4. The van der Waals surface area contributed by atoms with Crippen LogP contribution in [0.5, 0.6) is 0 Å². The summed E-state index contributed by atoms with van der Waals surface area (Å²) in [7, 11) is 0. The molecule has 0 spiro atoms. The molecule has 0 aliphatic carbocycles. The number of halogens is 1. The molecule has 194 valence electrons. The molecule has 3 aromatic carbocycles. The van der Waals surface area contributed by atoms with Gasteiger partial charge in [-0.05, 0) is 41.9 Å². The van der Waals surface area contributed by atoms with Crippen LogP contribution in [0.4, 0.5) is 0 Å². The van der Waals surface area contributed by atoms with Gasteiger partial charge in [0.2, 0.25) is 0 Å². The monoisotopic (exact) mass is 579 g/mol. The summed E-state index contributed by atoms with van der Waals surface area (Å²) in [5.41, 5.74) is 9.98. The number of azide groups is 1. The molecule has 1 aliphatic heterocycles. The molecule has 38 heavy (non-hydrogen) atoms. The van der Waals surface area contributed by atoms with Gasteiger partial charge in [-0.2, -0.15) is 0 Å². The highest BCUT2D eigenvalue weighted by atomic mass is 79.9. The van der Waals surface area contributed by atoms with Crippen molar-refractivity contribution in [3.63, 3.8) is 0 Å². The predicted molar refractivity (Wildman–Crippen MR) is 139 cm³/mol. The van der Waals surface area contributed by atoms with E-state index >= 15 is 0 Å². The van der Waals surface area contributed by atoms with Crippen molar-refractivity contribution in [1.29, 1.82) is 0 Å². The van der Waals surface area contributed by atoms with Crippen molar-refractivity contribution in [2.24, 2.45) is 5.11 Å². The van der Waals surface area contributed by atoms with Crippen LogP contribution in [-0.2, 0) is 18.9 Å². The highest BCUT2D eigenvalue weighted by Crippen LogP contribution is 2.32. The highest BCUT2D eigenvalue weighted by Gasteiger charge is 2.50. The topological polar surface area (TPSA) is 137 Å². The lowest BCUT2D eigenvalue weighted by atomic mass is 9.97. The Morgan fingerprint density at radius 1 is 0.763 bits per heavy atom. The second kappa shape index (κ2) is 12.9. The summed E-state index contributed by atoms with van der Waals surface area (Å²) < 4.78 is 22.9. The van der Waals surface area contributed by atoms with E-state index in [2.05, 4.69) is 26.0 Å². The summed E-state index contributed by atoms with van der Waals surface area (Å²) in [6.07, 6.45) is -3.63. The number of carbonyl (C=O) groups is 3. The van der Waals surface area contributed by atoms with Crippen molar-refractivity contribution in [3.8, 4) is 0 Å². The lowest BCUT2D eigenvalue weighted by Gasteiger charge is -2.42. The van der Waals surface area contributed by atoms with Gasteiger partial charge < -0.3 is 18.9 Å². The molecule has 0 amide bonds. The van der Waals surface area contributed by atoms with Crippen molar-refractivity contribution in [3.05, 3.63) is 118 Å². The summed E-state index contributed by atoms with van der Waals surface area (Å²) >= 11 is 3.31. The molecule has 0 unspecified atom stereocenters. The molecular formula is C27H22BrN3O7. The van der Waals surface area contributed by atoms with Gasteiger partial charge in [-0.1, -0.05) is 75.6 Å². The Bertz CT molecular complexity index is 1300. The van der Waals surface area contributed by atoms with E-state index in [4.69, 9.17) is 18.9 Å². The summed E-state index contributed by atoms with van der Waals surface area (Å²) in [6.45, 7) is -0.342. The van der Waals surface area contributed by atoms with Crippen LogP contribution >= 0.6 is 15.9 Å². The summed E-state index contributed by atoms with van der Waals surface area (Å²) in [5, 5.41) is 2.79. The minimum absolute atomic E-state index is 0.238. The van der Waals surface area contributed by atoms with E-state index in [9.17, 15) is 19.9 Å². The van der Waals surface area contributed by atoms with Crippen molar-refractivity contribution < 1.29 is 33.3 Å². The molecule has 1 saturated heterocycles. The van der Waals surface area contributed by atoms with E-state index in [-0.39, 0.29) is 17.7 Å². The van der Waals surface area contributed by atoms with E-state index in [1.165, 1.54) is 0 Å². The van der Waals surface area contributed by atoms with Crippen molar-refractivity contribution in [2.45, 2.75) is 29.4 Å². The average Bonchev–Trinajstić information content (AvgIpc) is 2.96. The number of hydrogen-bond donors (Lipinski definition) is 0. The van der Waals surface area contributed by atoms with E-state index in [0.717, 1.165) is 0 Å². The van der Waals surface area contributed by atoms with Crippen LogP contribution in [0.2, 0.25) is 0 Å². The van der Waals surface area contributed by atoms with Gasteiger partial charge in [0.1, 0.15) is 23.8 Å². The first-order valence-corrected chi connectivity index (χ1v) is 12.5. The number of ether oxygens (including phenoxy) is 4. The van der Waals surface area contributed by atoms with Crippen molar-refractivity contribution in [1.82, 2.24) is 0 Å². The third-order valence-corrected chi connectivity index (χ3v) is 6.44. The van der Waals surface area contributed by atoms with Gasteiger partial charge in [0, 0.05) is 4.91 Å². The Labute approximate surface area is 226 Å². The molecule has 0 bridgehead atoms. The fourth-order valence-electron chi connectivity index (χ4n) is 3.82. The minimum Gasteiger partial charge on any atom is -0.459 e. The molecular weight excluding hydrogens is 558 g/mol. The Kier molecular flexibility index (Phi) is 9.10. The second-order valence-corrected chi connectivity index (χ2v) is 9.06. The number of hydrogen-bond acceptors (Lipinski definition) is 8. The van der Waals surface area contributed by atoms with E-state index < -0.39 is 47.3 Å². The number of carbonyl (C=O) groups excluding carboxylic acids is 3. The van der Waals surface area contributed by atoms with Crippen LogP contribution in [-0.4, -0.2) is 53.9 Å². The van der Waals surface area contributed by atoms with E-state index in [1.54, 1.807) is 91.0 Å². The summed E-state index contributed by atoms with van der Waals surface area (Å²) in [4.78, 5) is 41.4. The first-order chi connectivity index (χ1) is 18.5. The second-order valence-electron chi connectivity index (χ2n) is 8.16. The van der Waals surface area contributed by atoms with Crippen LogP contribution in [0.15, 0.2) is 96.1 Å². The standard InChI is InChI=1S/C27H22BrN3O7/c28-24-21(30-31-29)23(38-27(34)19-14-8-3-9-15-19)22(37-26(33)18-12-6-2-7-13-18)20(36-24)16-35-25(32)17-10-4-1-5-11-17/h1-15,20-24H,16H2/t20-,21-,22-,23-,24+/m1/s1. The Hall–Kier alpha value is -4.18. The molecule has 1 aliphatic rings. The molecule has 1 heterocycles. The quantitative estimate of drug-likeness (QED) is 0.0904. The number of rotatable bonds is 8. The third-order valence-electron chi connectivity index (χ3n) is 5.68. The van der Waals surface area contributed by atoms with Gasteiger partial charge in [0.05, 0.1) is 16.7 Å². The average molecular weight is 580 g/mol. The molecule has 0 saturated carbocycles. The van der Waals surface area contributed by atoms with E-state index in [1.807, 2.05) is 0 Å². The highest BCUT2D eigenvalue weighted by molar-refractivity contribution is 9.09. The molecule has 5 atom stereocenters. The van der Waals surface area contributed by atoms with Crippen LogP contribution in [0.25, 0.3) is 10.4 Å². The molecule has 3 aromatic rings. The zero-order chi connectivity index (χ0) is 26.9. The molecule has 4 rings (SSSR count). The van der Waals surface area contributed by atoms with Crippen LogP contribution in [0, 0.1) is 0 Å². The van der Waals surface area contributed by atoms with Crippen molar-refractivity contribution >= 4 is 33.8 Å². The fraction of sp³-hybridized carbons (Fsp3) is 0.222. The Balaban J connectivity index is 1.64. The SMILES string of the molecule is [N-]=[N+]=N[C@@H]1[C@@H](OC(=O)c2ccccc2)[C@H](OC(=O)c2ccccc2)[C@@H](COC(=O)c2ccccc2)O[C@@H]1Br. The van der Waals surface area contributed by atoms with Gasteiger partial charge in [0.25, 0.3) is 0 Å². The Morgan fingerprint density at radius 2 is 1.21 bits per heavy atom. The maximum Gasteiger partial charge on any atom is 0.338 e. The van der Waals surface area contributed by atoms with E-state index in [0.29, 0.717) is 5.56 Å².